The van der Waals surface area contributed by atoms with E-state index in [1.165, 1.54) is 12.1 Å². The summed E-state index contributed by atoms with van der Waals surface area (Å²) in [5.74, 6) is -2.60. The maximum absolute atomic E-state index is 11.7. The van der Waals surface area contributed by atoms with Gasteiger partial charge in [0.15, 0.2) is 0 Å². The third-order valence-electron chi connectivity index (χ3n) is 2.97. The van der Waals surface area contributed by atoms with Crippen molar-refractivity contribution in [1.82, 2.24) is 10.6 Å². The molecule has 0 heterocycles. The Kier molecular flexibility index (Phi) is 6.97. The molecule has 7 N–H and O–H groups in total. The summed E-state index contributed by atoms with van der Waals surface area (Å²) in [5, 5.41) is 31.5. The number of aliphatic hydroxyl groups excluding tert-OH is 1. The average molecular weight is 325 g/mol. The van der Waals surface area contributed by atoms with Crippen LogP contribution in [0.25, 0.3) is 0 Å². The van der Waals surface area contributed by atoms with Gasteiger partial charge in [-0.3, -0.25) is 9.59 Å². The zero-order chi connectivity index (χ0) is 17.4. The van der Waals surface area contributed by atoms with Gasteiger partial charge in [-0.1, -0.05) is 12.1 Å². The number of phenols is 1. The van der Waals surface area contributed by atoms with Gasteiger partial charge in [0.25, 0.3) is 0 Å². The number of aliphatic hydroxyl groups is 1. The number of carbonyl (C=O) groups is 3. The molecule has 0 saturated heterocycles. The lowest BCUT2D eigenvalue weighted by Crippen LogP contribution is -2.49. The number of aromatic hydroxyl groups is 1. The molecule has 2 atom stereocenters. The van der Waals surface area contributed by atoms with Crippen LogP contribution in [0, 0.1) is 0 Å². The Morgan fingerprint density at radius 2 is 1.78 bits per heavy atom. The van der Waals surface area contributed by atoms with Crippen molar-refractivity contribution in [3.63, 3.8) is 0 Å². The van der Waals surface area contributed by atoms with Gasteiger partial charge >= 0.3 is 5.97 Å². The molecule has 0 unspecified atom stereocenters. The van der Waals surface area contributed by atoms with Gasteiger partial charge in [-0.15, -0.1) is 0 Å². The molecule has 0 spiro atoms. The van der Waals surface area contributed by atoms with E-state index >= 15 is 0 Å². The first-order valence-corrected chi connectivity index (χ1v) is 6.77. The number of carbonyl (C=O) groups excluding carboxylic acids is 2. The minimum absolute atomic E-state index is 0.0193. The van der Waals surface area contributed by atoms with Crippen molar-refractivity contribution in [3.05, 3.63) is 29.8 Å². The molecule has 0 saturated carbocycles. The summed E-state index contributed by atoms with van der Waals surface area (Å²) in [6, 6.07) is 3.57. The Morgan fingerprint density at radius 3 is 2.30 bits per heavy atom. The molecule has 2 amide bonds. The minimum atomic E-state index is -1.23. The van der Waals surface area contributed by atoms with Crippen LogP contribution in [0.1, 0.15) is 5.56 Å². The van der Waals surface area contributed by atoms with Crippen LogP contribution in [0.2, 0.25) is 0 Å². The van der Waals surface area contributed by atoms with Gasteiger partial charge in [-0.05, 0) is 17.7 Å². The summed E-state index contributed by atoms with van der Waals surface area (Å²) in [6.07, 6.45) is 0.0193. The fourth-order valence-corrected chi connectivity index (χ4v) is 1.69. The summed E-state index contributed by atoms with van der Waals surface area (Å²) >= 11 is 0. The lowest BCUT2D eigenvalue weighted by molar-refractivity contribution is -0.141. The van der Waals surface area contributed by atoms with Gasteiger partial charge in [0, 0.05) is 6.42 Å². The number of carboxylic acid groups (broad SMARTS) is 1. The van der Waals surface area contributed by atoms with Crippen LogP contribution in [0.3, 0.4) is 0 Å². The number of hydrogen-bond donors (Lipinski definition) is 6. The highest BCUT2D eigenvalue weighted by molar-refractivity contribution is 5.89. The number of amides is 2. The first kappa shape index (κ1) is 18.4. The second kappa shape index (κ2) is 8.71. The van der Waals surface area contributed by atoms with Crippen LogP contribution in [0.5, 0.6) is 5.75 Å². The third-order valence-corrected chi connectivity index (χ3v) is 2.97. The number of benzene rings is 1. The van der Waals surface area contributed by atoms with Gasteiger partial charge in [0.2, 0.25) is 11.8 Å². The van der Waals surface area contributed by atoms with E-state index in [0.29, 0.717) is 5.56 Å². The van der Waals surface area contributed by atoms with E-state index in [4.69, 9.17) is 15.9 Å². The van der Waals surface area contributed by atoms with Gasteiger partial charge in [-0.2, -0.15) is 0 Å². The molecule has 0 aliphatic carbocycles. The number of phenolic OH excluding ortho intramolecular Hbond substituents is 1. The smallest absolute Gasteiger partial charge is 0.326 e. The number of rotatable bonds is 8. The van der Waals surface area contributed by atoms with Crippen LogP contribution in [0.15, 0.2) is 24.3 Å². The van der Waals surface area contributed by atoms with E-state index in [1.54, 1.807) is 12.1 Å². The molecule has 0 bridgehead atoms. The van der Waals surface area contributed by atoms with E-state index in [0.717, 1.165) is 0 Å². The fraction of sp³-hybridized carbons (Fsp3) is 0.357. The third kappa shape index (κ3) is 6.32. The zero-order valence-corrected chi connectivity index (χ0v) is 12.2. The molecule has 23 heavy (non-hydrogen) atoms. The SMILES string of the molecule is N[C@@H](CO)C(=O)NCC(=O)N[C@@H](Cc1ccc(O)cc1)C(=O)O. The summed E-state index contributed by atoms with van der Waals surface area (Å²) in [6.45, 7) is -1.02. The molecule has 0 fully saturated rings. The Labute approximate surface area is 132 Å². The second-order valence-corrected chi connectivity index (χ2v) is 4.84. The largest absolute Gasteiger partial charge is 0.508 e. The lowest BCUT2D eigenvalue weighted by Gasteiger charge is -2.15. The number of nitrogens with two attached hydrogens (primary N) is 1. The lowest BCUT2D eigenvalue weighted by atomic mass is 10.1. The molecule has 0 aromatic heterocycles. The van der Waals surface area contributed by atoms with Crippen LogP contribution in [-0.2, 0) is 20.8 Å². The molecule has 1 aromatic rings. The Balaban J connectivity index is 2.55. The zero-order valence-electron chi connectivity index (χ0n) is 12.2. The Hall–Kier alpha value is -2.65. The van der Waals surface area contributed by atoms with Crippen molar-refractivity contribution < 1.29 is 29.7 Å². The van der Waals surface area contributed by atoms with Crippen LogP contribution < -0.4 is 16.4 Å². The molecular weight excluding hydrogens is 306 g/mol. The molecule has 0 aliphatic rings. The minimum Gasteiger partial charge on any atom is -0.508 e. The molecular formula is C14H19N3O6. The van der Waals surface area contributed by atoms with Crippen molar-refractivity contribution in [1.29, 1.82) is 0 Å². The van der Waals surface area contributed by atoms with Crippen molar-refractivity contribution >= 4 is 17.8 Å². The Morgan fingerprint density at radius 1 is 1.17 bits per heavy atom. The highest BCUT2D eigenvalue weighted by Gasteiger charge is 2.21. The number of nitrogens with one attached hydrogen (secondary N) is 2. The van der Waals surface area contributed by atoms with Gasteiger partial charge < -0.3 is 31.7 Å². The summed E-state index contributed by atoms with van der Waals surface area (Å²) < 4.78 is 0. The number of aliphatic carboxylic acids is 1. The van der Waals surface area contributed by atoms with Gasteiger partial charge in [-0.25, -0.2) is 4.79 Å². The standard InChI is InChI=1S/C14H19N3O6/c15-10(7-18)13(21)16-6-12(20)17-11(14(22)23)5-8-1-3-9(19)4-2-8/h1-4,10-11,18-19H,5-7,15H2,(H,16,21)(H,17,20)(H,22,23)/t10-,11-/m0/s1. The van der Waals surface area contributed by atoms with Crippen molar-refractivity contribution in [2.24, 2.45) is 5.73 Å². The van der Waals surface area contributed by atoms with E-state index in [1.807, 2.05) is 0 Å². The molecule has 9 heteroatoms. The predicted molar refractivity (Wildman–Crippen MR) is 79.4 cm³/mol. The van der Waals surface area contributed by atoms with Crippen molar-refractivity contribution in [2.75, 3.05) is 13.2 Å². The topological polar surface area (TPSA) is 162 Å². The summed E-state index contributed by atoms with van der Waals surface area (Å²) in [7, 11) is 0. The van der Waals surface area contributed by atoms with Crippen LogP contribution in [-0.4, -0.2) is 58.3 Å². The predicted octanol–water partition coefficient (Wildman–Crippen LogP) is -2.06. The van der Waals surface area contributed by atoms with E-state index in [-0.39, 0.29) is 12.2 Å². The highest BCUT2D eigenvalue weighted by atomic mass is 16.4. The summed E-state index contributed by atoms with van der Waals surface area (Å²) in [5.41, 5.74) is 5.87. The molecule has 1 rings (SSSR count). The first-order valence-electron chi connectivity index (χ1n) is 6.77. The van der Waals surface area contributed by atoms with Crippen molar-refractivity contribution in [3.8, 4) is 5.75 Å². The normalized spacial score (nSPS) is 13.0. The second-order valence-electron chi connectivity index (χ2n) is 4.84. The number of hydrogen-bond acceptors (Lipinski definition) is 6. The van der Waals surface area contributed by atoms with Gasteiger partial charge in [0.1, 0.15) is 17.8 Å². The van der Waals surface area contributed by atoms with Crippen LogP contribution in [0.4, 0.5) is 0 Å². The quantitative estimate of drug-likeness (QED) is 0.320. The van der Waals surface area contributed by atoms with Crippen LogP contribution >= 0.6 is 0 Å². The molecule has 126 valence electrons. The molecule has 1 aromatic carbocycles. The highest BCUT2D eigenvalue weighted by Crippen LogP contribution is 2.11. The monoisotopic (exact) mass is 325 g/mol. The van der Waals surface area contributed by atoms with E-state index in [9.17, 15) is 19.5 Å². The number of carboxylic acids is 1. The molecule has 0 radical (unpaired) electrons. The maximum atomic E-state index is 11.7. The maximum Gasteiger partial charge on any atom is 0.326 e. The van der Waals surface area contributed by atoms with E-state index < -0.39 is 43.0 Å². The first-order chi connectivity index (χ1) is 10.8. The summed E-state index contributed by atoms with van der Waals surface area (Å²) in [4.78, 5) is 34.2. The van der Waals surface area contributed by atoms with Gasteiger partial charge in [0.05, 0.1) is 13.2 Å². The molecule has 9 nitrogen and oxygen atoms in total. The average Bonchev–Trinajstić information content (AvgIpc) is 2.53. The van der Waals surface area contributed by atoms with E-state index in [2.05, 4.69) is 10.6 Å². The molecule has 0 aliphatic heterocycles. The fourth-order valence-electron chi connectivity index (χ4n) is 1.69. The van der Waals surface area contributed by atoms with Crippen molar-refractivity contribution in [2.45, 2.75) is 18.5 Å². The Bertz CT molecular complexity index is 560.